The minimum Gasteiger partial charge on any atom is -0.399 e. The molecule has 80 valence electrons. The summed E-state index contributed by atoms with van der Waals surface area (Å²) in [6, 6.07) is 5.70. The van der Waals surface area contributed by atoms with E-state index in [0.717, 1.165) is 23.5 Å². The number of anilines is 2. The number of nitrogen functional groups attached to an aromatic ring is 1. The molecule has 1 aromatic carbocycles. The number of alkyl halides is 1. The second-order valence-corrected chi connectivity index (χ2v) is 5.14. The lowest BCUT2D eigenvalue weighted by Crippen LogP contribution is -2.24. The normalized spacial score (nSPS) is 21.1. The number of halogens is 1. The van der Waals surface area contributed by atoms with Crippen LogP contribution in [0.25, 0.3) is 0 Å². The Bertz CT molecular complexity index is 406. The van der Waals surface area contributed by atoms with E-state index in [-0.39, 0.29) is 10.7 Å². The predicted molar refractivity (Wildman–Crippen MR) is 65.3 cm³/mol. The van der Waals surface area contributed by atoms with Gasteiger partial charge in [-0.3, -0.25) is 4.79 Å². The highest BCUT2D eigenvalue weighted by atomic mass is 79.9. The van der Waals surface area contributed by atoms with Crippen LogP contribution in [0.1, 0.15) is 12.0 Å². The Morgan fingerprint density at radius 1 is 1.53 bits per heavy atom. The third-order valence-corrected chi connectivity index (χ3v) is 3.26. The smallest absolute Gasteiger partial charge is 0.228 e. The monoisotopic (exact) mass is 268 g/mol. The standard InChI is InChI=1S/C11H13BrN2O/c1-7-4-9(2-3-10(7)13)14-6-8(12)5-11(14)15/h2-4,8H,5-6,13H2,1H3. The maximum atomic E-state index is 11.6. The fraction of sp³-hybridized carbons (Fsp3) is 0.364. The lowest BCUT2D eigenvalue weighted by atomic mass is 10.2. The summed E-state index contributed by atoms with van der Waals surface area (Å²) in [6.07, 6.45) is 0.573. The Hall–Kier alpha value is -1.03. The van der Waals surface area contributed by atoms with Gasteiger partial charge in [0.15, 0.2) is 0 Å². The molecule has 2 N–H and O–H groups in total. The molecule has 15 heavy (non-hydrogen) atoms. The van der Waals surface area contributed by atoms with Gasteiger partial charge >= 0.3 is 0 Å². The minimum absolute atomic E-state index is 0.168. The van der Waals surface area contributed by atoms with Gasteiger partial charge in [0.2, 0.25) is 5.91 Å². The van der Waals surface area contributed by atoms with Crippen LogP contribution >= 0.6 is 15.9 Å². The Balaban J connectivity index is 2.30. The van der Waals surface area contributed by atoms with Gasteiger partial charge < -0.3 is 10.6 Å². The largest absolute Gasteiger partial charge is 0.399 e. The van der Waals surface area contributed by atoms with Gasteiger partial charge in [-0.15, -0.1) is 0 Å². The molecule has 0 aromatic heterocycles. The quantitative estimate of drug-likeness (QED) is 0.626. The molecule has 0 radical (unpaired) electrons. The summed E-state index contributed by atoms with van der Waals surface area (Å²) in [7, 11) is 0. The number of hydrogen-bond donors (Lipinski definition) is 1. The van der Waals surface area contributed by atoms with E-state index < -0.39 is 0 Å². The molecule has 1 fully saturated rings. The van der Waals surface area contributed by atoms with E-state index in [0.29, 0.717) is 6.42 Å². The number of hydrogen-bond acceptors (Lipinski definition) is 2. The molecule has 1 aliphatic rings. The van der Waals surface area contributed by atoms with E-state index in [1.165, 1.54) is 0 Å². The Morgan fingerprint density at radius 3 is 2.80 bits per heavy atom. The SMILES string of the molecule is Cc1cc(N2CC(Br)CC2=O)ccc1N. The number of amides is 1. The van der Waals surface area contributed by atoms with E-state index in [4.69, 9.17) is 5.73 Å². The third-order valence-electron chi connectivity index (χ3n) is 2.64. The first kappa shape index (κ1) is 10.5. The van der Waals surface area contributed by atoms with Gasteiger partial charge in [-0.2, -0.15) is 0 Å². The summed E-state index contributed by atoms with van der Waals surface area (Å²) in [5.41, 5.74) is 8.45. The summed E-state index contributed by atoms with van der Waals surface area (Å²) in [5.74, 6) is 0.168. The van der Waals surface area contributed by atoms with Gasteiger partial charge in [-0.05, 0) is 30.7 Å². The number of rotatable bonds is 1. The molecule has 1 aromatic rings. The van der Waals surface area contributed by atoms with E-state index >= 15 is 0 Å². The fourth-order valence-electron chi connectivity index (χ4n) is 1.74. The summed E-state index contributed by atoms with van der Waals surface area (Å²) in [6.45, 7) is 2.69. The van der Waals surface area contributed by atoms with Crippen molar-refractivity contribution < 1.29 is 4.79 Å². The molecule has 0 saturated carbocycles. The molecule has 1 amide bonds. The van der Waals surface area contributed by atoms with Crippen LogP contribution in [0.4, 0.5) is 11.4 Å². The molecule has 4 heteroatoms. The zero-order chi connectivity index (χ0) is 11.0. The van der Waals surface area contributed by atoms with Crippen molar-refractivity contribution in [1.82, 2.24) is 0 Å². The zero-order valence-corrected chi connectivity index (χ0v) is 10.1. The first-order valence-corrected chi connectivity index (χ1v) is 5.80. The van der Waals surface area contributed by atoms with Gasteiger partial charge in [0.1, 0.15) is 0 Å². The number of benzene rings is 1. The van der Waals surface area contributed by atoms with Crippen LogP contribution < -0.4 is 10.6 Å². The molecule has 1 atom stereocenters. The molecule has 1 aliphatic heterocycles. The highest BCUT2D eigenvalue weighted by molar-refractivity contribution is 9.09. The molecule has 3 nitrogen and oxygen atoms in total. The van der Waals surface area contributed by atoms with Gasteiger partial charge in [0, 0.05) is 29.2 Å². The Morgan fingerprint density at radius 2 is 2.27 bits per heavy atom. The van der Waals surface area contributed by atoms with Crippen LogP contribution in [0.15, 0.2) is 18.2 Å². The van der Waals surface area contributed by atoms with E-state index in [2.05, 4.69) is 15.9 Å². The van der Waals surface area contributed by atoms with Gasteiger partial charge in [-0.25, -0.2) is 0 Å². The van der Waals surface area contributed by atoms with Crippen molar-refractivity contribution in [2.75, 3.05) is 17.2 Å². The van der Waals surface area contributed by atoms with Crippen molar-refractivity contribution in [3.05, 3.63) is 23.8 Å². The van der Waals surface area contributed by atoms with Crippen molar-refractivity contribution in [3.8, 4) is 0 Å². The van der Waals surface area contributed by atoms with Crippen LogP contribution in [0.3, 0.4) is 0 Å². The Kier molecular flexibility index (Phi) is 2.69. The second kappa shape index (κ2) is 3.85. The van der Waals surface area contributed by atoms with Crippen molar-refractivity contribution in [1.29, 1.82) is 0 Å². The molecule has 1 heterocycles. The van der Waals surface area contributed by atoms with Crippen molar-refractivity contribution in [2.24, 2.45) is 0 Å². The number of carbonyl (C=O) groups excluding carboxylic acids is 1. The molecule has 0 spiro atoms. The van der Waals surface area contributed by atoms with Crippen LogP contribution in [-0.2, 0) is 4.79 Å². The van der Waals surface area contributed by atoms with Crippen LogP contribution in [0.2, 0.25) is 0 Å². The van der Waals surface area contributed by atoms with Crippen molar-refractivity contribution >= 4 is 33.2 Å². The van der Waals surface area contributed by atoms with Gasteiger partial charge in [-0.1, -0.05) is 15.9 Å². The van der Waals surface area contributed by atoms with Gasteiger partial charge in [0.25, 0.3) is 0 Å². The minimum atomic E-state index is 0.168. The molecule has 0 bridgehead atoms. The molecule has 1 unspecified atom stereocenters. The average Bonchev–Trinajstić information content (AvgIpc) is 2.50. The van der Waals surface area contributed by atoms with E-state index in [1.807, 2.05) is 25.1 Å². The summed E-state index contributed by atoms with van der Waals surface area (Å²) >= 11 is 3.46. The fourth-order valence-corrected chi connectivity index (χ4v) is 2.31. The summed E-state index contributed by atoms with van der Waals surface area (Å²) < 4.78 is 0. The number of nitrogens with zero attached hydrogens (tertiary/aromatic N) is 1. The molecular formula is C11H13BrN2O. The van der Waals surface area contributed by atoms with Crippen molar-refractivity contribution in [2.45, 2.75) is 18.2 Å². The molecule has 2 rings (SSSR count). The van der Waals surface area contributed by atoms with Gasteiger partial charge in [0.05, 0.1) is 0 Å². The first-order chi connectivity index (χ1) is 7.08. The summed E-state index contributed by atoms with van der Waals surface area (Å²) in [5, 5.41) is 0. The van der Waals surface area contributed by atoms with E-state index in [1.54, 1.807) is 4.90 Å². The van der Waals surface area contributed by atoms with E-state index in [9.17, 15) is 4.79 Å². The summed E-state index contributed by atoms with van der Waals surface area (Å²) in [4.78, 5) is 13.7. The maximum Gasteiger partial charge on any atom is 0.228 e. The zero-order valence-electron chi connectivity index (χ0n) is 8.53. The molecule has 0 aliphatic carbocycles. The first-order valence-electron chi connectivity index (χ1n) is 4.88. The van der Waals surface area contributed by atoms with Crippen LogP contribution in [0.5, 0.6) is 0 Å². The maximum absolute atomic E-state index is 11.6. The van der Waals surface area contributed by atoms with Crippen LogP contribution in [0, 0.1) is 6.92 Å². The molecule has 1 saturated heterocycles. The van der Waals surface area contributed by atoms with Crippen molar-refractivity contribution in [3.63, 3.8) is 0 Å². The second-order valence-electron chi connectivity index (χ2n) is 3.85. The number of carbonyl (C=O) groups is 1. The lowest BCUT2D eigenvalue weighted by Gasteiger charge is -2.17. The third kappa shape index (κ3) is 2.00. The topological polar surface area (TPSA) is 46.3 Å². The van der Waals surface area contributed by atoms with Crippen LogP contribution in [-0.4, -0.2) is 17.3 Å². The average molecular weight is 269 g/mol. The highest BCUT2D eigenvalue weighted by Gasteiger charge is 2.28. The highest BCUT2D eigenvalue weighted by Crippen LogP contribution is 2.27. The predicted octanol–water partition coefficient (Wildman–Crippen LogP) is 2.08. The molecular weight excluding hydrogens is 256 g/mol. The number of nitrogens with two attached hydrogens (primary N) is 1. The number of aryl methyl sites for hydroxylation is 1. The lowest BCUT2D eigenvalue weighted by molar-refractivity contribution is -0.117. The Labute approximate surface area is 97.4 Å².